The van der Waals surface area contributed by atoms with E-state index < -0.39 is 4.92 Å². The van der Waals surface area contributed by atoms with Crippen LogP contribution < -0.4 is 10.6 Å². The highest BCUT2D eigenvalue weighted by Gasteiger charge is 2.12. The number of hydrogen-bond acceptors (Lipinski definition) is 5. The van der Waals surface area contributed by atoms with Crippen molar-refractivity contribution in [2.24, 2.45) is 0 Å². The van der Waals surface area contributed by atoms with Crippen molar-refractivity contribution in [2.45, 2.75) is 0 Å². The second-order valence-electron chi connectivity index (χ2n) is 4.06. The summed E-state index contributed by atoms with van der Waals surface area (Å²) in [6, 6.07) is 7.32. The smallest absolute Gasteiger partial charge is 0.270 e. The highest BCUT2D eigenvalue weighted by molar-refractivity contribution is 9.10. The number of benzene rings is 1. The van der Waals surface area contributed by atoms with E-state index in [1.165, 1.54) is 24.4 Å². The molecular weight excluding hydrogens is 340 g/mol. The molecule has 0 bridgehead atoms. The molecule has 108 valence electrons. The summed E-state index contributed by atoms with van der Waals surface area (Å²) in [5, 5.41) is 16.2. The number of aromatic nitrogens is 1. The monoisotopic (exact) mass is 350 g/mol. The van der Waals surface area contributed by atoms with Crippen molar-refractivity contribution in [2.75, 3.05) is 17.7 Å². The van der Waals surface area contributed by atoms with E-state index in [0.717, 1.165) is 0 Å². The molecule has 0 aliphatic heterocycles. The summed E-state index contributed by atoms with van der Waals surface area (Å²) < 4.78 is 0.438. The first-order chi connectivity index (χ1) is 10.0. The number of non-ortho nitro benzene ring substituents is 1. The Morgan fingerprint density at radius 1 is 1.33 bits per heavy atom. The number of nitro benzene ring substituents is 1. The van der Waals surface area contributed by atoms with Gasteiger partial charge < -0.3 is 10.6 Å². The molecule has 7 nitrogen and oxygen atoms in total. The number of amides is 1. The van der Waals surface area contributed by atoms with Crippen LogP contribution in [0.5, 0.6) is 0 Å². The van der Waals surface area contributed by atoms with Gasteiger partial charge in [-0.1, -0.05) is 0 Å². The third kappa shape index (κ3) is 3.54. The Balaban J connectivity index is 2.21. The van der Waals surface area contributed by atoms with Crippen LogP contribution in [0.25, 0.3) is 0 Å². The maximum atomic E-state index is 12.1. The fraction of sp³-hybridized carbons (Fsp3) is 0.0769. The van der Waals surface area contributed by atoms with Gasteiger partial charge in [0.25, 0.3) is 11.6 Å². The number of halogens is 1. The molecule has 1 aromatic heterocycles. The van der Waals surface area contributed by atoms with Crippen LogP contribution in [0.3, 0.4) is 0 Å². The summed E-state index contributed by atoms with van der Waals surface area (Å²) in [6.07, 6.45) is 1.52. The highest BCUT2D eigenvalue weighted by Crippen LogP contribution is 2.27. The molecule has 0 saturated carbocycles. The number of carbonyl (C=O) groups excluding carboxylic acids is 1. The van der Waals surface area contributed by atoms with E-state index in [1.54, 1.807) is 19.2 Å². The lowest BCUT2D eigenvalue weighted by atomic mass is 10.2. The lowest BCUT2D eigenvalue weighted by Gasteiger charge is -2.08. The molecule has 1 amide bonds. The van der Waals surface area contributed by atoms with E-state index >= 15 is 0 Å². The Bertz CT molecular complexity index is 706. The van der Waals surface area contributed by atoms with Gasteiger partial charge in [0.2, 0.25) is 0 Å². The molecule has 0 aliphatic carbocycles. The van der Waals surface area contributed by atoms with E-state index in [9.17, 15) is 14.9 Å². The standard InChI is InChI=1S/C13H11BrN4O3/c1-15-12-6-8(4-5-16-12)13(19)17-11-3-2-9(18(20)21)7-10(11)14/h2-7H,1H3,(H,15,16)(H,17,19). The van der Waals surface area contributed by atoms with Crippen LogP contribution in [-0.4, -0.2) is 22.9 Å². The van der Waals surface area contributed by atoms with E-state index in [4.69, 9.17) is 0 Å². The van der Waals surface area contributed by atoms with Crippen LogP contribution in [0.1, 0.15) is 10.4 Å². The van der Waals surface area contributed by atoms with Gasteiger partial charge in [0.15, 0.2) is 0 Å². The third-order valence-electron chi connectivity index (χ3n) is 2.69. The second kappa shape index (κ2) is 6.31. The molecule has 21 heavy (non-hydrogen) atoms. The zero-order valence-corrected chi connectivity index (χ0v) is 12.5. The molecule has 0 unspecified atom stereocenters. The predicted octanol–water partition coefficient (Wildman–Crippen LogP) is 3.05. The van der Waals surface area contributed by atoms with Gasteiger partial charge in [0, 0.05) is 35.4 Å². The van der Waals surface area contributed by atoms with Gasteiger partial charge in [-0.05, 0) is 34.1 Å². The summed E-state index contributed by atoms with van der Waals surface area (Å²) >= 11 is 3.20. The summed E-state index contributed by atoms with van der Waals surface area (Å²) in [7, 11) is 1.71. The SMILES string of the molecule is CNc1cc(C(=O)Nc2ccc([N+](=O)[O-])cc2Br)ccn1. The molecule has 0 radical (unpaired) electrons. The number of hydrogen-bond donors (Lipinski definition) is 2. The van der Waals surface area contributed by atoms with Crippen molar-refractivity contribution in [1.82, 2.24) is 4.98 Å². The Labute approximate surface area is 128 Å². The minimum Gasteiger partial charge on any atom is -0.373 e. The van der Waals surface area contributed by atoms with Crippen LogP contribution in [0, 0.1) is 10.1 Å². The first-order valence-corrected chi connectivity index (χ1v) is 6.69. The molecule has 0 spiro atoms. The Kier molecular flexibility index (Phi) is 4.49. The van der Waals surface area contributed by atoms with Gasteiger partial charge in [-0.25, -0.2) is 4.98 Å². The average molecular weight is 351 g/mol. The zero-order chi connectivity index (χ0) is 15.4. The van der Waals surface area contributed by atoms with Gasteiger partial charge in [-0.2, -0.15) is 0 Å². The van der Waals surface area contributed by atoms with Crippen LogP contribution in [0.2, 0.25) is 0 Å². The van der Waals surface area contributed by atoms with E-state index in [0.29, 0.717) is 21.5 Å². The van der Waals surface area contributed by atoms with E-state index in [-0.39, 0.29) is 11.6 Å². The van der Waals surface area contributed by atoms with Gasteiger partial charge in [-0.15, -0.1) is 0 Å². The van der Waals surface area contributed by atoms with Crippen molar-refractivity contribution < 1.29 is 9.72 Å². The molecule has 0 atom stereocenters. The summed E-state index contributed by atoms with van der Waals surface area (Å²) in [4.78, 5) is 26.3. The lowest BCUT2D eigenvalue weighted by molar-refractivity contribution is -0.384. The third-order valence-corrected chi connectivity index (χ3v) is 3.35. The van der Waals surface area contributed by atoms with Crippen LogP contribution in [0.4, 0.5) is 17.2 Å². The highest BCUT2D eigenvalue weighted by atomic mass is 79.9. The summed E-state index contributed by atoms with van der Waals surface area (Å²) in [6.45, 7) is 0. The van der Waals surface area contributed by atoms with Crippen LogP contribution in [0.15, 0.2) is 41.0 Å². The van der Waals surface area contributed by atoms with Crippen molar-refractivity contribution >= 4 is 39.0 Å². The summed E-state index contributed by atoms with van der Waals surface area (Å²) in [5.74, 6) is 0.244. The Hall–Kier alpha value is -2.48. The minimum atomic E-state index is -0.502. The number of nitro groups is 1. The number of carbonyl (C=O) groups is 1. The van der Waals surface area contributed by atoms with Gasteiger partial charge in [-0.3, -0.25) is 14.9 Å². The van der Waals surface area contributed by atoms with Crippen molar-refractivity contribution in [3.63, 3.8) is 0 Å². The van der Waals surface area contributed by atoms with Gasteiger partial charge in [0.05, 0.1) is 10.6 Å². The maximum absolute atomic E-state index is 12.1. The quantitative estimate of drug-likeness (QED) is 0.652. The molecular formula is C13H11BrN4O3. The molecule has 1 aromatic carbocycles. The molecule has 8 heteroatoms. The van der Waals surface area contributed by atoms with E-state index in [1.807, 2.05) is 0 Å². The topological polar surface area (TPSA) is 97.2 Å². The average Bonchev–Trinajstić information content (AvgIpc) is 2.49. The number of nitrogens with one attached hydrogen (secondary N) is 2. The van der Waals surface area contributed by atoms with Crippen LogP contribution >= 0.6 is 15.9 Å². The normalized spacial score (nSPS) is 10.0. The number of nitrogens with zero attached hydrogens (tertiary/aromatic N) is 2. The number of pyridine rings is 1. The van der Waals surface area contributed by atoms with Gasteiger partial charge >= 0.3 is 0 Å². The molecule has 0 saturated heterocycles. The predicted molar refractivity (Wildman–Crippen MR) is 82.5 cm³/mol. The summed E-state index contributed by atoms with van der Waals surface area (Å²) in [5.41, 5.74) is 0.828. The van der Waals surface area contributed by atoms with Gasteiger partial charge in [0.1, 0.15) is 5.82 Å². The first kappa shape index (κ1) is 14.9. The first-order valence-electron chi connectivity index (χ1n) is 5.90. The Morgan fingerprint density at radius 2 is 2.10 bits per heavy atom. The second-order valence-corrected chi connectivity index (χ2v) is 4.91. The lowest BCUT2D eigenvalue weighted by Crippen LogP contribution is -2.13. The fourth-order valence-electron chi connectivity index (χ4n) is 1.62. The molecule has 1 heterocycles. The minimum absolute atomic E-state index is 0.0544. The fourth-order valence-corrected chi connectivity index (χ4v) is 2.09. The van der Waals surface area contributed by atoms with Crippen molar-refractivity contribution in [1.29, 1.82) is 0 Å². The zero-order valence-electron chi connectivity index (χ0n) is 11.0. The van der Waals surface area contributed by atoms with Crippen LogP contribution in [-0.2, 0) is 0 Å². The maximum Gasteiger partial charge on any atom is 0.270 e. The molecule has 0 fully saturated rings. The van der Waals surface area contributed by atoms with Crippen molar-refractivity contribution in [3.8, 4) is 0 Å². The molecule has 0 aliphatic rings. The number of anilines is 2. The molecule has 2 rings (SSSR count). The van der Waals surface area contributed by atoms with Crippen molar-refractivity contribution in [3.05, 3.63) is 56.7 Å². The molecule has 2 N–H and O–H groups in total. The number of rotatable bonds is 4. The Morgan fingerprint density at radius 3 is 2.71 bits per heavy atom. The largest absolute Gasteiger partial charge is 0.373 e. The van der Waals surface area contributed by atoms with E-state index in [2.05, 4.69) is 31.5 Å². The molecule has 2 aromatic rings.